The molecule has 0 aliphatic rings. The van der Waals surface area contributed by atoms with Crippen molar-refractivity contribution in [3.63, 3.8) is 0 Å². The van der Waals surface area contributed by atoms with E-state index in [0.717, 1.165) is 5.56 Å². The van der Waals surface area contributed by atoms with Crippen LogP contribution >= 0.6 is 0 Å². The quantitative estimate of drug-likeness (QED) is 0.648. The minimum absolute atomic E-state index is 0.0537. The number of esters is 2. The van der Waals surface area contributed by atoms with Crippen molar-refractivity contribution in [1.29, 1.82) is 0 Å². The van der Waals surface area contributed by atoms with E-state index in [2.05, 4.69) is 0 Å². The van der Waals surface area contributed by atoms with Crippen molar-refractivity contribution in [2.75, 3.05) is 0 Å². The first kappa shape index (κ1) is 20.1. The summed E-state index contributed by atoms with van der Waals surface area (Å²) >= 11 is 0. The molecule has 0 spiro atoms. The molecule has 27 heavy (non-hydrogen) atoms. The summed E-state index contributed by atoms with van der Waals surface area (Å²) in [4.78, 5) is 35.3. The highest BCUT2D eigenvalue weighted by atomic mass is 16.6. The summed E-state index contributed by atoms with van der Waals surface area (Å²) in [6.07, 6.45) is -1.79. The summed E-state index contributed by atoms with van der Waals surface area (Å²) in [6, 6.07) is 17.5. The van der Waals surface area contributed by atoms with Gasteiger partial charge in [-0.25, -0.2) is 4.79 Å². The van der Waals surface area contributed by atoms with Gasteiger partial charge in [0.25, 0.3) is 0 Å². The van der Waals surface area contributed by atoms with Crippen LogP contribution in [0.25, 0.3) is 0 Å². The minimum atomic E-state index is -2.51. The lowest BCUT2D eigenvalue weighted by molar-refractivity contribution is -0.178. The molecule has 2 rings (SSSR count). The predicted molar refractivity (Wildman–Crippen MR) is 94.3 cm³/mol. The number of carbonyl (C=O) groups is 3. The van der Waals surface area contributed by atoms with Crippen molar-refractivity contribution in [3.05, 3.63) is 71.8 Å². The Morgan fingerprint density at radius 3 is 1.74 bits per heavy atom. The third-order valence-corrected chi connectivity index (χ3v) is 3.72. The molecule has 0 saturated heterocycles. The Labute approximate surface area is 156 Å². The minimum Gasteiger partial charge on any atom is -0.481 e. The Hall–Kier alpha value is -3.19. The number of carboxylic acid groups (broad SMARTS) is 1. The molecule has 0 aliphatic heterocycles. The standard InChI is InChI=1S/C20H20O7/c21-17(22)11-20(25,19(24)27-14-16-9-5-2-6-10-16)12-18(23)26-13-15-7-3-1-4-8-15/h1-10,25H,11-14H2,(H,21,22)/t20-/m0/s1. The number of aliphatic carboxylic acids is 1. The molecule has 0 heterocycles. The molecular formula is C20H20O7. The normalized spacial score (nSPS) is 12.6. The van der Waals surface area contributed by atoms with Crippen LogP contribution in [0.5, 0.6) is 0 Å². The van der Waals surface area contributed by atoms with Crippen LogP contribution < -0.4 is 0 Å². The van der Waals surface area contributed by atoms with Gasteiger partial charge in [0, 0.05) is 0 Å². The summed E-state index contributed by atoms with van der Waals surface area (Å²) in [5.41, 5.74) is -1.12. The maximum absolute atomic E-state index is 12.2. The van der Waals surface area contributed by atoms with E-state index in [4.69, 9.17) is 14.6 Å². The smallest absolute Gasteiger partial charge is 0.339 e. The van der Waals surface area contributed by atoms with Crippen molar-refractivity contribution in [1.82, 2.24) is 0 Å². The molecule has 0 bridgehead atoms. The first-order valence-corrected chi connectivity index (χ1v) is 8.24. The maximum Gasteiger partial charge on any atom is 0.339 e. The van der Waals surface area contributed by atoms with E-state index in [1.54, 1.807) is 60.7 Å². The van der Waals surface area contributed by atoms with Crippen LogP contribution in [0.1, 0.15) is 24.0 Å². The first-order chi connectivity index (χ1) is 12.9. The zero-order chi connectivity index (χ0) is 19.7. The van der Waals surface area contributed by atoms with Gasteiger partial charge in [-0.1, -0.05) is 60.7 Å². The lowest BCUT2D eigenvalue weighted by Crippen LogP contribution is -2.44. The number of aliphatic hydroxyl groups is 1. The summed E-state index contributed by atoms with van der Waals surface area (Å²) < 4.78 is 10.0. The molecule has 0 aromatic heterocycles. The second-order valence-corrected chi connectivity index (χ2v) is 5.99. The van der Waals surface area contributed by atoms with Crippen LogP contribution in [0, 0.1) is 0 Å². The van der Waals surface area contributed by atoms with E-state index in [1.165, 1.54) is 0 Å². The number of hydrogen-bond donors (Lipinski definition) is 2. The number of ether oxygens (including phenoxy) is 2. The van der Waals surface area contributed by atoms with Gasteiger partial charge in [0.05, 0.1) is 12.8 Å². The second kappa shape index (κ2) is 9.49. The Morgan fingerprint density at radius 2 is 1.26 bits per heavy atom. The molecule has 2 aromatic rings. The van der Waals surface area contributed by atoms with E-state index in [1.807, 2.05) is 0 Å². The SMILES string of the molecule is O=C(O)C[C@](O)(CC(=O)OCc1ccccc1)C(=O)OCc1ccccc1. The average molecular weight is 372 g/mol. The van der Waals surface area contributed by atoms with Crippen molar-refractivity contribution >= 4 is 17.9 Å². The summed E-state index contributed by atoms with van der Waals surface area (Å²) in [5.74, 6) is -3.53. The van der Waals surface area contributed by atoms with Gasteiger partial charge >= 0.3 is 17.9 Å². The van der Waals surface area contributed by atoms with E-state index < -0.39 is 36.4 Å². The van der Waals surface area contributed by atoms with Crippen LogP contribution in [0.4, 0.5) is 0 Å². The molecule has 0 fully saturated rings. The Morgan fingerprint density at radius 1 is 0.778 bits per heavy atom. The van der Waals surface area contributed by atoms with Crippen molar-refractivity contribution in [2.45, 2.75) is 31.7 Å². The molecule has 1 atom stereocenters. The van der Waals surface area contributed by atoms with Gasteiger partial charge in [-0.3, -0.25) is 9.59 Å². The molecule has 0 amide bonds. The van der Waals surface area contributed by atoms with Gasteiger partial charge in [-0.05, 0) is 11.1 Å². The maximum atomic E-state index is 12.2. The van der Waals surface area contributed by atoms with Gasteiger partial charge in [0.1, 0.15) is 13.2 Å². The fourth-order valence-electron chi connectivity index (χ4n) is 2.34. The third-order valence-electron chi connectivity index (χ3n) is 3.72. The van der Waals surface area contributed by atoms with Crippen molar-refractivity contribution in [3.8, 4) is 0 Å². The number of benzene rings is 2. The van der Waals surface area contributed by atoms with E-state index in [0.29, 0.717) is 5.56 Å². The predicted octanol–water partition coefficient (Wildman–Crippen LogP) is 2.07. The highest BCUT2D eigenvalue weighted by Gasteiger charge is 2.43. The van der Waals surface area contributed by atoms with Crippen LogP contribution in [0.15, 0.2) is 60.7 Å². The van der Waals surface area contributed by atoms with Gasteiger partial charge < -0.3 is 19.7 Å². The molecule has 0 unspecified atom stereocenters. The molecule has 7 heteroatoms. The summed E-state index contributed by atoms with van der Waals surface area (Å²) in [5, 5.41) is 19.4. The van der Waals surface area contributed by atoms with Crippen LogP contribution in [-0.2, 0) is 37.1 Å². The molecular weight excluding hydrogens is 352 g/mol. The third kappa shape index (κ3) is 6.56. The highest BCUT2D eigenvalue weighted by molar-refractivity contribution is 5.89. The molecule has 0 saturated carbocycles. The Balaban J connectivity index is 1.97. The van der Waals surface area contributed by atoms with Crippen LogP contribution in [0.2, 0.25) is 0 Å². The monoisotopic (exact) mass is 372 g/mol. The van der Waals surface area contributed by atoms with Crippen molar-refractivity contribution in [2.24, 2.45) is 0 Å². The van der Waals surface area contributed by atoms with Gasteiger partial charge in [-0.2, -0.15) is 0 Å². The molecule has 2 aromatic carbocycles. The fraction of sp³-hybridized carbons (Fsp3) is 0.250. The lowest BCUT2D eigenvalue weighted by atomic mass is 9.95. The van der Waals surface area contributed by atoms with E-state index >= 15 is 0 Å². The number of hydrogen-bond acceptors (Lipinski definition) is 6. The fourth-order valence-corrected chi connectivity index (χ4v) is 2.34. The zero-order valence-corrected chi connectivity index (χ0v) is 14.5. The highest BCUT2D eigenvalue weighted by Crippen LogP contribution is 2.20. The number of carbonyl (C=O) groups excluding carboxylic acids is 2. The average Bonchev–Trinajstić information content (AvgIpc) is 2.65. The molecule has 142 valence electrons. The van der Waals surface area contributed by atoms with Gasteiger partial charge in [-0.15, -0.1) is 0 Å². The summed E-state index contributed by atoms with van der Waals surface area (Å²) in [7, 11) is 0. The lowest BCUT2D eigenvalue weighted by Gasteiger charge is -2.23. The largest absolute Gasteiger partial charge is 0.481 e. The van der Waals surface area contributed by atoms with Crippen LogP contribution in [0.3, 0.4) is 0 Å². The second-order valence-electron chi connectivity index (χ2n) is 5.99. The first-order valence-electron chi connectivity index (χ1n) is 8.24. The molecule has 0 aliphatic carbocycles. The Bertz CT molecular complexity index is 773. The van der Waals surface area contributed by atoms with Gasteiger partial charge in [0.2, 0.25) is 0 Å². The van der Waals surface area contributed by atoms with Crippen LogP contribution in [-0.4, -0.2) is 33.7 Å². The number of carboxylic acids is 1. The van der Waals surface area contributed by atoms with Gasteiger partial charge in [0.15, 0.2) is 5.60 Å². The topological polar surface area (TPSA) is 110 Å². The number of rotatable bonds is 9. The summed E-state index contributed by atoms with van der Waals surface area (Å²) in [6.45, 7) is -0.206. The molecule has 7 nitrogen and oxygen atoms in total. The molecule has 0 radical (unpaired) electrons. The van der Waals surface area contributed by atoms with E-state index in [9.17, 15) is 19.5 Å². The molecule has 2 N–H and O–H groups in total. The Kier molecular flexibility index (Phi) is 7.08. The van der Waals surface area contributed by atoms with E-state index in [-0.39, 0.29) is 13.2 Å². The zero-order valence-electron chi connectivity index (χ0n) is 14.5. The van der Waals surface area contributed by atoms with Crippen molar-refractivity contribution < 1.29 is 34.1 Å².